The zero-order valence-corrected chi connectivity index (χ0v) is 18.4. The van der Waals surface area contributed by atoms with E-state index in [1.54, 1.807) is 13.0 Å². The number of benzene rings is 2. The molecule has 1 amide bonds. The van der Waals surface area contributed by atoms with Gasteiger partial charge in [0.2, 0.25) is 0 Å². The van der Waals surface area contributed by atoms with Crippen LogP contribution in [0.4, 0.5) is 24.5 Å². The molecule has 0 aliphatic carbocycles. The number of carbonyl (C=O) groups excluding carboxylic acids is 1. The van der Waals surface area contributed by atoms with E-state index < -0.39 is 35.2 Å². The van der Waals surface area contributed by atoms with Gasteiger partial charge in [-0.25, -0.2) is 18.7 Å². The highest BCUT2D eigenvalue weighted by molar-refractivity contribution is 14.1. The minimum Gasteiger partial charge on any atom is -0.393 e. The molecule has 5 nitrogen and oxygen atoms in total. The molecule has 28 heavy (non-hydrogen) atoms. The molecule has 0 bridgehead atoms. The number of hydroxylamine groups is 1. The molecule has 2 aromatic carbocycles. The molecule has 0 aliphatic heterocycles. The van der Waals surface area contributed by atoms with Crippen LogP contribution < -0.4 is 10.8 Å². The van der Waals surface area contributed by atoms with Gasteiger partial charge in [0.1, 0.15) is 5.82 Å². The van der Waals surface area contributed by atoms with E-state index in [1.165, 1.54) is 12.1 Å². The fraction of sp³-hybridized carbons (Fsp3) is 0.278. The Bertz CT molecular complexity index is 870. The molecule has 1 atom stereocenters. The average Bonchev–Trinajstić information content (AvgIpc) is 2.66. The maximum Gasteiger partial charge on any atom is 0.277 e. The van der Waals surface area contributed by atoms with Crippen molar-refractivity contribution < 1.29 is 27.9 Å². The van der Waals surface area contributed by atoms with Gasteiger partial charge in [-0.2, -0.15) is 0 Å². The van der Waals surface area contributed by atoms with Gasteiger partial charge in [-0.3, -0.25) is 9.63 Å². The van der Waals surface area contributed by atoms with Crippen molar-refractivity contribution in [2.45, 2.75) is 25.9 Å². The van der Waals surface area contributed by atoms with Gasteiger partial charge in [0, 0.05) is 3.57 Å². The molecule has 2 rings (SSSR count). The van der Waals surface area contributed by atoms with Gasteiger partial charge >= 0.3 is 0 Å². The van der Waals surface area contributed by atoms with Crippen LogP contribution in [0.1, 0.15) is 30.1 Å². The number of halogens is 5. The zero-order valence-electron chi connectivity index (χ0n) is 14.7. The lowest BCUT2D eigenvalue weighted by Crippen LogP contribution is -2.26. The third-order valence-electron chi connectivity index (χ3n) is 3.79. The Morgan fingerprint density at radius 3 is 2.64 bits per heavy atom. The maximum absolute atomic E-state index is 14.5. The largest absolute Gasteiger partial charge is 0.393 e. The van der Waals surface area contributed by atoms with Crippen LogP contribution in [0.15, 0.2) is 28.7 Å². The van der Waals surface area contributed by atoms with E-state index in [0.717, 1.165) is 6.07 Å². The molecular formula is C18H17BrF3IN2O3. The Morgan fingerprint density at radius 1 is 1.29 bits per heavy atom. The highest BCUT2D eigenvalue weighted by Gasteiger charge is 2.23. The van der Waals surface area contributed by atoms with E-state index in [0.29, 0.717) is 9.99 Å². The van der Waals surface area contributed by atoms with Gasteiger partial charge in [-0.1, -0.05) is 6.92 Å². The molecule has 0 saturated carbocycles. The molecular weight excluding hydrogens is 556 g/mol. The highest BCUT2D eigenvalue weighted by Crippen LogP contribution is 2.32. The van der Waals surface area contributed by atoms with E-state index >= 15 is 0 Å². The van der Waals surface area contributed by atoms with E-state index in [2.05, 4.69) is 26.7 Å². The minimum absolute atomic E-state index is 0.0279. The maximum atomic E-state index is 14.5. The van der Waals surface area contributed by atoms with Gasteiger partial charge < -0.3 is 10.4 Å². The number of hydrogen-bond acceptors (Lipinski definition) is 4. The number of aliphatic hydroxyl groups excluding tert-OH is 1. The number of rotatable bonds is 8. The van der Waals surface area contributed by atoms with Crippen molar-refractivity contribution in [2.24, 2.45) is 0 Å². The van der Waals surface area contributed by atoms with Crippen LogP contribution in [0.25, 0.3) is 0 Å². The summed E-state index contributed by atoms with van der Waals surface area (Å²) in [6.07, 6.45) is 0.246. The standard InChI is InChI=1S/C18H17BrF3IN2O3/c1-2-10(26)5-6-28-25-18(27)11-8-12(19)15(21)16(22)17(11)24-14-4-3-9(23)7-13(14)20/h3-4,7-8,10,24,26H,2,5-6H2,1H3,(H,25,27). The van der Waals surface area contributed by atoms with Crippen LogP contribution in [-0.2, 0) is 4.84 Å². The number of nitrogens with one attached hydrogen (secondary N) is 2. The topological polar surface area (TPSA) is 70.6 Å². The van der Waals surface area contributed by atoms with Gasteiger partial charge in [0.25, 0.3) is 5.91 Å². The van der Waals surface area contributed by atoms with Gasteiger partial charge in [-0.15, -0.1) is 0 Å². The Kier molecular flexibility index (Phi) is 8.53. The lowest BCUT2D eigenvalue weighted by Gasteiger charge is -2.15. The first-order valence-corrected chi connectivity index (χ1v) is 10.1. The summed E-state index contributed by atoms with van der Waals surface area (Å²) in [6.45, 7) is 1.82. The van der Waals surface area contributed by atoms with Crippen molar-refractivity contribution in [3.8, 4) is 0 Å². The number of carbonyl (C=O) groups is 1. The average molecular weight is 573 g/mol. The second kappa shape index (κ2) is 10.4. The lowest BCUT2D eigenvalue weighted by atomic mass is 10.1. The lowest BCUT2D eigenvalue weighted by molar-refractivity contribution is 0.0161. The summed E-state index contributed by atoms with van der Waals surface area (Å²) in [6, 6.07) is 5.19. The molecule has 10 heteroatoms. The van der Waals surface area contributed by atoms with Crippen LogP contribution >= 0.6 is 38.5 Å². The molecule has 0 aromatic heterocycles. The second-order valence-corrected chi connectivity index (χ2v) is 7.89. The predicted octanol–water partition coefficient (Wildman–Crippen LogP) is 5.04. The summed E-state index contributed by atoms with van der Waals surface area (Å²) in [7, 11) is 0. The van der Waals surface area contributed by atoms with Crippen LogP contribution in [-0.4, -0.2) is 23.7 Å². The summed E-state index contributed by atoms with van der Waals surface area (Å²) in [5.41, 5.74) is 1.16. The summed E-state index contributed by atoms with van der Waals surface area (Å²) < 4.78 is 42.9. The van der Waals surface area contributed by atoms with Crippen LogP contribution in [0.5, 0.6) is 0 Å². The number of amides is 1. The molecule has 2 aromatic rings. The van der Waals surface area contributed by atoms with Gasteiger partial charge in [0.05, 0.1) is 34.1 Å². The molecule has 0 heterocycles. The fourth-order valence-electron chi connectivity index (χ4n) is 2.19. The first-order chi connectivity index (χ1) is 13.2. The molecule has 0 aliphatic rings. The summed E-state index contributed by atoms with van der Waals surface area (Å²) in [5.74, 6) is -4.12. The van der Waals surface area contributed by atoms with E-state index in [9.17, 15) is 23.1 Å². The SMILES string of the molecule is CCC(O)CCONC(=O)c1cc(Br)c(F)c(F)c1Nc1ccc(I)cc1F. The molecule has 0 radical (unpaired) electrons. The van der Waals surface area contributed by atoms with Crippen molar-refractivity contribution in [2.75, 3.05) is 11.9 Å². The molecule has 0 saturated heterocycles. The van der Waals surface area contributed by atoms with Crippen molar-refractivity contribution in [1.82, 2.24) is 5.48 Å². The third kappa shape index (κ3) is 5.82. The van der Waals surface area contributed by atoms with E-state index in [4.69, 9.17) is 4.84 Å². The Labute approximate surface area is 181 Å². The molecule has 3 N–H and O–H groups in total. The summed E-state index contributed by atoms with van der Waals surface area (Å²) in [4.78, 5) is 17.4. The van der Waals surface area contributed by atoms with Crippen LogP contribution in [0.2, 0.25) is 0 Å². The first kappa shape index (κ1) is 22.9. The number of anilines is 2. The van der Waals surface area contributed by atoms with Crippen molar-refractivity contribution in [3.63, 3.8) is 0 Å². The van der Waals surface area contributed by atoms with E-state index in [-0.39, 0.29) is 28.8 Å². The van der Waals surface area contributed by atoms with Crippen LogP contribution in [0, 0.1) is 21.0 Å². The summed E-state index contributed by atoms with van der Waals surface area (Å²) >= 11 is 4.75. The predicted molar refractivity (Wildman–Crippen MR) is 111 cm³/mol. The zero-order chi connectivity index (χ0) is 20.8. The molecule has 0 fully saturated rings. The monoisotopic (exact) mass is 572 g/mol. The number of aliphatic hydroxyl groups is 1. The van der Waals surface area contributed by atoms with Gasteiger partial charge in [-0.05, 0) is 75.6 Å². The second-order valence-electron chi connectivity index (χ2n) is 5.79. The third-order valence-corrected chi connectivity index (χ3v) is 5.03. The minimum atomic E-state index is -1.35. The first-order valence-electron chi connectivity index (χ1n) is 8.24. The Morgan fingerprint density at radius 2 is 2.00 bits per heavy atom. The quantitative estimate of drug-likeness (QED) is 0.179. The molecule has 1 unspecified atom stereocenters. The smallest absolute Gasteiger partial charge is 0.277 e. The van der Waals surface area contributed by atoms with Crippen molar-refractivity contribution in [3.05, 3.63) is 55.3 Å². The van der Waals surface area contributed by atoms with Crippen LogP contribution in [0.3, 0.4) is 0 Å². The Hall–Kier alpha value is -1.37. The number of hydrogen-bond donors (Lipinski definition) is 3. The van der Waals surface area contributed by atoms with Gasteiger partial charge in [0.15, 0.2) is 11.6 Å². The van der Waals surface area contributed by atoms with Crippen molar-refractivity contribution >= 4 is 55.8 Å². The highest BCUT2D eigenvalue weighted by atomic mass is 127. The molecule has 0 spiro atoms. The van der Waals surface area contributed by atoms with E-state index in [1.807, 2.05) is 22.6 Å². The fourth-order valence-corrected chi connectivity index (χ4v) is 3.05. The Balaban J connectivity index is 2.26. The molecule has 152 valence electrons. The van der Waals surface area contributed by atoms with Crippen molar-refractivity contribution in [1.29, 1.82) is 0 Å². The summed E-state index contributed by atoms with van der Waals surface area (Å²) in [5, 5.41) is 11.9. The normalized spacial score (nSPS) is 12.0.